The van der Waals surface area contributed by atoms with Gasteiger partial charge in [0.25, 0.3) is 0 Å². The van der Waals surface area contributed by atoms with Crippen molar-refractivity contribution in [3.8, 4) is 33.6 Å². The first-order valence-electron chi connectivity index (χ1n) is 13.3. The molecule has 4 aromatic heterocycles. The summed E-state index contributed by atoms with van der Waals surface area (Å²) >= 11 is 0. The van der Waals surface area contributed by atoms with Gasteiger partial charge in [-0.1, -0.05) is 97.1 Å². The first-order valence-corrected chi connectivity index (χ1v) is 13.3. The Morgan fingerprint density at radius 1 is 0.300 bits per heavy atom. The van der Waals surface area contributed by atoms with Crippen LogP contribution in [0.5, 0.6) is 0 Å². The maximum absolute atomic E-state index is 4.99. The average molecular weight is 511 g/mol. The summed E-state index contributed by atoms with van der Waals surface area (Å²) in [5.41, 5.74) is 10.1. The summed E-state index contributed by atoms with van der Waals surface area (Å²) in [6.07, 6.45) is 3.65. The quantitative estimate of drug-likeness (QED) is 0.223. The predicted molar refractivity (Wildman–Crippen MR) is 164 cm³/mol. The third-order valence-electron chi connectivity index (χ3n) is 7.56. The lowest BCUT2D eigenvalue weighted by atomic mass is 10.00. The van der Waals surface area contributed by atoms with Crippen molar-refractivity contribution in [1.29, 1.82) is 0 Å². The van der Waals surface area contributed by atoms with Gasteiger partial charge in [-0.3, -0.25) is 9.97 Å². The normalized spacial score (nSPS) is 11.5. The summed E-state index contributed by atoms with van der Waals surface area (Å²) < 4.78 is 0. The van der Waals surface area contributed by atoms with Crippen LogP contribution < -0.4 is 0 Å². The first kappa shape index (κ1) is 22.5. The molecule has 0 aliphatic heterocycles. The smallest absolute Gasteiger partial charge is 0.0972 e. The van der Waals surface area contributed by atoms with Gasteiger partial charge in [-0.15, -0.1) is 0 Å². The molecule has 4 nitrogen and oxygen atoms in total. The van der Waals surface area contributed by atoms with Crippen molar-refractivity contribution in [2.24, 2.45) is 0 Å². The fourth-order valence-corrected chi connectivity index (χ4v) is 5.44. The van der Waals surface area contributed by atoms with Crippen LogP contribution >= 0.6 is 0 Å². The predicted octanol–water partition coefficient (Wildman–Crippen LogP) is 8.88. The Balaban J connectivity index is 1.10. The minimum atomic E-state index is 0.932. The molecule has 0 spiro atoms. The highest BCUT2D eigenvalue weighted by atomic mass is 14.8. The summed E-state index contributed by atoms with van der Waals surface area (Å²) in [5.74, 6) is 0. The Hall–Kier alpha value is -5.48. The van der Waals surface area contributed by atoms with Crippen LogP contribution in [-0.2, 0) is 0 Å². The molecule has 0 bridgehead atoms. The third-order valence-corrected chi connectivity index (χ3v) is 7.56. The highest BCUT2D eigenvalue weighted by molar-refractivity contribution is 6.04. The third kappa shape index (κ3) is 3.77. The van der Waals surface area contributed by atoms with E-state index in [1.54, 1.807) is 0 Å². The standard InChI is InChI=1S/C36H22N4/c1-3-27-13-15-29-17-19-31(39-35(29)33(27)37-21-1)25-9-5-23(6-10-25)24-7-11-26(12-8-24)32-20-18-30-16-14-28-4-2-22-38-34(28)36(30)40-32/h1-22H. The van der Waals surface area contributed by atoms with Crippen LogP contribution in [0.3, 0.4) is 0 Å². The summed E-state index contributed by atoms with van der Waals surface area (Å²) in [6.45, 7) is 0. The zero-order valence-electron chi connectivity index (χ0n) is 21.5. The Bertz CT molecular complexity index is 2040. The maximum Gasteiger partial charge on any atom is 0.0972 e. The molecule has 0 aliphatic rings. The van der Waals surface area contributed by atoms with Gasteiger partial charge in [0, 0.05) is 45.1 Å². The minimum Gasteiger partial charge on any atom is -0.254 e. The van der Waals surface area contributed by atoms with E-state index in [0.29, 0.717) is 0 Å². The highest BCUT2D eigenvalue weighted by Gasteiger charge is 2.09. The largest absolute Gasteiger partial charge is 0.254 e. The van der Waals surface area contributed by atoms with Crippen molar-refractivity contribution in [1.82, 2.24) is 19.9 Å². The van der Waals surface area contributed by atoms with E-state index >= 15 is 0 Å². The van der Waals surface area contributed by atoms with Crippen LogP contribution in [-0.4, -0.2) is 19.9 Å². The minimum absolute atomic E-state index is 0.932. The van der Waals surface area contributed by atoms with E-state index in [2.05, 4.69) is 119 Å². The molecule has 0 N–H and O–H groups in total. The lowest BCUT2D eigenvalue weighted by Crippen LogP contribution is -1.89. The van der Waals surface area contributed by atoms with Gasteiger partial charge in [-0.05, 0) is 35.4 Å². The summed E-state index contributed by atoms with van der Waals surface area (Å²) in [6, 6.07) is 42.1. The molecule has 0 saturated heterocycles. The Morgan fingerprint density at radius 3 is 1.07 bits per heavy atom. The fourth-order valence-electron chi connectivity index (χ4n) is 5.44. The molecule has 4 heterocycles. The van der Waals surface area contributed by atoms with Crippen molar-refractivity contribution in [3.63, 3.8) is 0 Å². The number of fused-ring (bicyclic) bond motifs is 6. The van der Waals surface area contributed by atoms with E-state index in [1.165, 1.54) is 0 Å². The molecule has 0 aliphatic carbocycles. The van der Waals surface area contributed by atoms with Gasteiger partial charge in [0.05, 0.1) is 33.5 Å². The van der Waals surface area contributed by atoms with Crippen molar-refractivity contribution in [3.05, 3.63) is 134 Å². The number of hydrogen-bond acceptors (Lipinski definition) is 4. The van der Waals surface area contributed by atoms with Gasteiger partial charge in [0.2, 0.25) is 0 Å². The SMILES string of the molecule is c1cnc2c(c1)ccc1ccc(-c3ccc(-c4ccc(-c5ccc6ccc7cccnc7c6n5)cc4)cc3)nc12. The van der Waals surface area contributed by atoms with Gasteiger partial charge >= 0.3 is 0 Å². The van der Waals surface area contributed by atoms with Gasteiger partial charge in [-0.25, -0.2) is 9.97 Å². The second kappa shape index (κ2) is 9.07. The van der Waals surface area contributed by atoms with E-state index in [-0.39, 0.29) is 0 Å². The Kier molecular flexibility index (Phi) is 5.10. The Morgan fingerprint density at radius 2 is 0.650 bits per heavy atom. The van der Waals surface area contributed by atoms with Crippen LogP contribution in [0.25, 0.3) is 77.3 Å². The lowest BCUT2D eigenvalue weighted by Gasteiger charge is -2.09. The number of pyridine rings is 4. The van der Waals surface area contributed by atoms with Crippen molar-refractivity contribution >= 4 is 43.6 Å². The molecule has 4 aromatic carbocycles. The molecule has 4 heteroatoms. The topological polar surface area (TPSA) is 51.6 Å². The molecular weight excluding hydrogens is 488 g/mol. The molecular formula is C36H22N4. The van der Waals surface area contributed by atoms with Crippen molar-refractivity contribution in [2.45, 2.75) is 0 Å². The molecule has 0 atom stereocenters. The first-order chi connectivity index (χ1) is 19.8. The second-order valence-electron chi connectivity index (χ2n) is 9.97. The summed E-state index contributed by atoms with van der Waals surface area (Å²) in [5, 5.41) is 4.39. The zero-order valence-corrected chi connectivity index (χ0v) is 21.5. The number of aromatic nitrogens is 4. The van der Waals surface area contributed by atoms with Crippen molar-refractivity contribution in [2.75, 3.05) is 0 Å². The average Bonchev–Trinajstić information content (AvgIpc) is 3.04. The van der Waals surface area contributed by atoms with Crippen LogP contribution in [0.2, 0.25) is 0 Å². The van der Waals surface area contributed by atoms with E-state index in [9.17, 15) is 0 Å². The van der Waals surface area contributed by atoms with Crippen molar-refractivity contribution < 1.29 is 0 Å². The fraction of sp³-hybridized carbons (Fsp3) is 0. The van der Waals surface area contributed by atoms with Crippen LogP contribution in [0.15, 0.2) is 134 Å². The zero-order chi connectivity index (χ0) is 26.5. The summed E-state index contributed by atoms with van der Waals surface area (Å²) in [7, 11) is 0. The van der Waals surface area contributed by atoms with Crippen LogP contribution in [0, 0.1) is 0 Å². The summed E-state index contributed by atoms with van der Waals surface area (Å²) in [4.78, 5) is 19.1. The molecule has 40 heavy (non-hydrogen) atoms. The van der Waals surface area contributed by atoms with E-state index in [1.807, 2.05) is 24.5 Å². The number of benzene rings is 4. The highest BCUT2D eigenvalue weighted by Crippen LogP contribution is 2.30. The molecule has 8 aromatic rings. The van der Waals surface area contributed by atoms with Gasteiger partial charge < -0.3 is 0 Å². The van der Waals surface area contributed by atoms with Crippen LogP contribution in [0.4, 0.5) is 0 Å². The Labute approximate surface area is 230 Å². The molecule has 0 amide bonds. The van der Waals surface area contributed by atoms with E-state index in [0.717, 1.165) is 77.3 Å². The molecule has 0 fully saturated rings. The molecule has 8 rings (SSSR count). The van der Waals surface area contributed by atoms with E-state index in [4.69, 9.17) is 9.97 Å². The van der Waals surface area contributed by atoms with Gasteiger partial charge in [0.1, 0.15) is 0 Å². The van der Waals surface area contributed by atoms with Crippen LogP contribution in [0.1, 0.15) is 0 Å². The van der Waals surface area contributed by atoms with Gasteiger partial charge in [0.15, 0.2) is 0 Å². The molecule has 186 valence electrons. The lowest BCUT2D eigenvalue weighted by molar-refractivity contribution is 1.37. The maximum atomic E-state index is 4.99. The van der Waals surface area contributed by atoms with Gasteiger partial charge in [-0.2, -0.15) is 0 Å². The number of rotatable bonds is 3. The molecule has 0 unspecified atom stereocenters. The number of hydrogen-bond donors (Lipinski definition) is 0. The molecule has 0 saturated carbocycles. The molecule has 0 radical (unpaired) electrons. The second-order valence-corrected chi connectivity index (χ2v) is 9.97. The monoisotopic (exact) mass is 510 g/mol. The number of nitrogens with zero attached hydrogens (tertiary/aromatic N) is 4. The van der Waals surface area contributed by atoms with E-state index < -0.39 is 0 Å².